The lowest BCUT2D eigenvalue weighted by Gasteiger charge is -2.32. The SMILES string of the molecule is COc1ccc(CN2CCC(NC(=O)c3cccnc3Nc3ccccc3OC)CC2)cc1F. The predicted octanol–water partition coefficient (Wildman–Crippen LogP) is 4.38. The number of aromatic nitrogens is 1. The van der Waals surface area contributed by atoms with Gasteiger partial charge < -0.3 is 20.1 Å². The molecule has 0 atom stereocenters. The summed E-state index contributed by atoms with van der Waals surface area (Å²) < 4.78 is 24.3. The molecular formula is C26H29FN4O3. The molecule has 4 rings (SSSR count). The number of amides is 1. The summed E-state index contributed by atoms with van der Waals surface area (Å²) in [5.74, 6) is 0.879. The number of halogens is 1. The molecule has 7 nitrogen and oxygen atoms in total. The summed E-state index contributed by atoms with van der Waals surface area (Å²) in [4.78, 5) is 19.7. The Morgan fingerprint density at radius 3 is 2.56 bits per heavy atom. The topological polar surface area (TPSA) is 75.7 Å². The van der Waals surface area contributed by atoms with E-state index in [1.807, 2.05) is 30.3 Å². The number of methoxy groups -OCH3 is 2. The first-order valence-electron chi connectivity index (χ1n) is 11.3. The van der Waals surface area contributed by atoms with Gasteiger partial charge in [0.15, 0.2) is 11.6 Å². The number of carbonyl (C=O) groups is 1. The Morgan fingerprint density at radius 2 is 1.82 bits per heavy atom. The molecule has 0 saturated carbocycles. The standard InChI is InChI=1S/C26H29FN4O3/c1-33-23-10-9-18(16-21(23)27)17-31-14-11-19(12-15-31)29-26(32)20-6-5-13-28-25(20)30-22-7-3-4-8-24(22)34-2/h3-10,13,16,19H,11-12,14-15,17H2,1-2H3,(H,28,30)(H,29,32). The maximum atomic E-state index is 14.0. The minimum Gasteiger partial charge on any atom is -0.495 e. The van der Waals surface area contributed by atoms with Crippen LogP contribution in [0.25, 0.3) is 0 Å². The second-order valence-electron chi connectivity index (χ2n) is 8.22. The summed E-state index contributed by atoms with van der Waals surface area (Å²) in [6, 6.07) is 16.1. The molecule has 2 N–H and O–H groups in total. The van der Waals surface area contributed by atoms with Gasteiger partial charge in [0.25, 0.3) is 5.91 Å². The van der Waals surface area contributed by atoms with Crippen LogP contribution in [0.5, 0.6) is 11.5 Å². The second kappa shape index (κ2) is 11.0. The van der Waals surface area contributed by atoms with Crippen LogP contribution < -0.4 is 20.1 Å². The van der Waals surface area contributed by atoms with E-state index in [1.54, 1.807) is 31.5 Å². The molecule has 1 aliphatic rings. The Labute approximate surface area is 198 Å². The molecule has 178 valence electrons. The molecule has 1 fully saturated rings. The molecule has 1 saturated heterocycles. The minimum atomic E-state index is -0.351. The van der Waals surface area contributed by atoms with Crippen molar-refractivity contribution in [1.29, 1.82) is 0 Å². The van der Waals surface area contributed by atoms with Crippen LogP contribution in [0.15, 0.2) is 60.8 Å². The van der Waals surface area contributed by atoms with Crippen LogP contribution in [0.2, 0.25) is 0 Å². The van der Waals surface area contributed by atoms with Gasteiger partial charge in [0.2, 0.25) is 0 Å². The van der Waals surface area contributed by atoms with E-state index in [-0.39, 0.29) is 23.5 Å². The Kier molecular flexibility index (Phi) is 7.59. The lowest BCUT2D eigenvalue weighted by Crippen LogP contribution is -2.44. The van der Waals surface area contributed by atoms with Gasteiger partial charge in [0.05, 0.1) is 25.5 Å². The first-order valence-corrected chi connectivity index (χ1v) is 11.3. The van der Waals surface area contributed by atoms with Crippen molar-refractivity contribution in [3.05, 3.63) is 77.7 Å². The second-order valence-corrected chi connectivity index (χ2v) is 8.22. The number of likely N-dealkylation sites (tertiary alicyclic amines) is 1. The fourth-order valence-electron chi connectivity index (χ4n) is 4.13. The van der Waals surface area contributed by atoms with E-state index in [1.165, 1.54) is 13.2 Å². The highest BCUT2D eigenvalue weighted by atomic mass is 19.1. The number of carbonyl (C=O) groups excluding carboxylic acids is 1. The van der Waals surface area contributed by atoms with Gasteiger partial charge in [-0.15, -0.1) is 0 Å². The van der Waals surface area contributed by atoms with E-state index in [9.17, 15) is 9.18 Å². The third-order valence-corrected chi connectivity index (χ3v) is 5.96. The normalized spacial score (nSPS) is 14.4. The zero-order valence-corrected chi connectivity index (χ0v) is 19.4. The number of hydrogen-bond donors (Lipinski definition) is 2. The highest BCUT2D eigenvalue weighted by Crippen LogP contribution is 2.28. The van der Waals surface area contributed by atoms with Crippen LogP contribution in [0, 0.1) is 5.82 Å². The lowest BCUT2D eigenvalue weighted by molar-refractivity contribution is 0.0909. The van der Waals surface area contributed by atoms with E-state index in [2.05, 4.69) is 20.5 Å². The number of benzene rings is 2. The molecule has 34 heavy (non-hydrogen) atoms. The molecule has 0 spiro atoms. The molecule has 2 heterocycles. The molecule has 0 aliphatic carbocycles. The molecular weight excluding hydrogens is 435 g/mol. The minimum absolute atomic E-state index is 0.0654. The first kappa shape index (κ1) is 23.5. The maximum Gasteiger partial charge on any atom is 0.255 e. The Bertz CT molecular complexity index is 1130. The van der Waals surface area contributed by atoms with Gasteiger partial charge in [-0.2, -0.15) is 0 Å². The van der Waals surface area contributed by atoms with Gasteiger partial charge in [0.1, 0.15) is 11.6 Å². The van der Waals surface area contributed by atoms with Crippen molar-refractivity contribution >= 4 is 17.4 Å². The van der Waals surface area contributed by atoms with Gasteiger partial charge in [-0.1, -0.05) is 18.2 Å². The van der Waals surface area contributed by atoms with Crippen molar-refractivity contribution in [2.24, 2.45) is 0 Å². The van der Waals surface area contributed by atoms with E-state index in [4.69, 9.17) is 9.47 Å². The van der Waals surface area contributed by atoms with Crippen molar-refractivity contribution in [3.63, 3.8) is 0 Å². The molecule has 0 bridgehead atoms. The number of piperidine rings is 1. The van der Waals surface area contributed by atoms with Gasteiger partial charge in [-0.25, -0.2) is 9.37 Å². The highest BCUT2D eigenvalue weighted by molar-refractivity contribution is 5.99. The molecule has 1 amide bonds. The van der Waals surface area contributed by atoms with Crippen molar-refractivity contribution in [1.82, 2.24) is 15.2 Å². The fourth-order valence-corrected chi connectivity index (χ4v) is 4.13. The van der Waals surface area contributed by atoms with E-state index >= 15 is 0 Å². The third-order valence-electron chi connectivity index (χ3n) is 5.96. The third kappa shape index (κ3) is 5.63. The Balaban J connectivity index is 1.34. The molecule has 2 aromatic carbocycles. The van der Waals surface area contributed by atoms with Gasteiger partial charge in [-0.3, -0.25) is 9.69 Å². The zero-order chi connectivity index (χ0) is 23.9. The number of nitrogens with zero attached hydrogens (tertiary/aromatic N) is 2. The number of hydrogen-bond acceptors (Lipinski definition) is 6. The smallest absolute Gasteiger partial charge is 0.255 e. The van der Waals surface area contributed by atoms with Crippen LogP contribution in [0.4, 0.5) is 15.9 Å². The molecule has 3 aromatic rings. The van der Waals surface area contributed by atoms with Crippen LogP contribution in [-0.2, 0) is 6.54 Å². The number of nitrogens with one attached hydrogen (secondary N) is 2. The molecule has 1 aromatic heterocycles. The number of anilines is 2. The Morgan fingerprint density at radius 1 is 1.06 bits per heavy atom. The van der Waals surface area contributed by atoms with Crippen molar-refractivity contribution < 1.29 is 18.7 Å². The summed E-state index contributed by atoms with van der Waals surface area (Å²) >= 11 is 0. The molecule has 0 radical (unpaired) electrons. The summed E-state index contributed by atoms with van der Waals surface area (Å²) in [6.45, 7) is 2.30. The monoisotopic (exact) mass is 464 g/mol. The van der Waals surface area contributed by atoms with Crippen LogP contribution in [-0.4, -0.2) is 49.1 Å². The van der Waals surface area contributed by atoms with Crippen LogP contribution in [0.1, 0.15) is 28.8 Å². The zero-order valence-electron chi connectivity index (χ0n) is 19.4. The van der Waals surface area contributed by atoms with E-state index in [0.29, 0.717) is 23.7 Å². The first-order chi connectivity index (χ1) is 16.6. The summed E-state index contributed by atoms with van der Waals surface area (Å²) in [7, 11) is 3.06. The van der Waals surface area contributed by atoms with Crippen LogP contribution >= 0.6 is 0 Å². The van der Waals surface area contributed by atoms with E-state index in [0.717, 1.165) is 37.2 Å². The van der Waals surface area contributed by atoms with Crippen LogP contribution in [0.3, 0.4) is 0 Å². The highest BCUT2D eigenvalue weighted by Gasteiger charge is 2.23. The van der Waals surface area contributed by atoms with Crippen molar-refractivity contribution in [2.45, 2.75) is 25.4 Å². The Hall–Kier alpha value is -3.65. The number of para-hydroxylation sites is 2. The summed E-state index contributed by atoms with van der Waals surface area (Å²) in [5, 5.41) is 6.36. The van der Waals surface area contributed by atoms with E-state index < -0.39 is 0 Å². The average molecular weight is 465 g/mol. The number of rotatable bonds is 8. The van der Waals surface area contributed by atoms with Gasteiger partial charge >= 0.3 is 0 Å². The summed E-state index contributed by atoms with van der Waals surface area (Å²) in [6.07, 6.45) is 3.29. The largest absolute Gasteiger partial charge is 0.495 e. The molecule has 8 heteroatoms. The fraction of sp³-hybridized carbons (Fsp3) is 0.308. The molecule has 0 unspecified atom stereocenters. The predicted molar refractivity (Wildman–Crippen MR) is 129 cm³/mol. The molecule has 1 aliphatic heterocycles. The lowest BCUT2D eigenvalue weighted by atomic mass is 10.0. The van der Waals surface area contributed by atoms with Crippen molar-refractivity contribution in [3.8, 4) is 11.5 Å². The van der Waals surface area contributed by atoms with Gasteiger partial charge in [-0.05, 0) is 54.8 Å². The number of pyridine rings is 1. The van der Waals surface area contributed by atoms with Crippen molar-refractivity contribution in [2.75, 3.05) is 32.6 Å². The summed E-state index contributed by atoms with van der Waals surface area (Å²) in [5.41, 5.74) is 2.12. The average Bonchev–Trinajstić information content (AvgIpc) is 2.86. The maximum absolute atomic E-state index is 14.0. The van der Waals surface area contributed by atoms with Gasteiger partial charge in [0, 0.05) is 31.9 Å². The number of ether oxygens (including phenoxy) is 2. The quantitative estimate of drug-likeness (QED) is 0.516.